The van der Waals surface area contributed by atoms with E-state index in [0.717, 1.165) is 22.2 Å². The number of aryl methyl sites for hydroxylation is 1. The number of hydrogen-bond donors (Lipinski definition) is 0. The fourth-order valence-corrected chi connectivity index (χ4v) is 4.25. The molecule has 3 rings (SSSR count). The number of nitrogens with zero attached hydrogens (tertiary/aromatic N) is 2. The quantitative estimate of drug-likeness (QED) is 0.719. The molecule has 0 amide bonds. The zero-order chi connectivity index (χ0) is 16.4. The number of para-hydroxylation sites is 2. The van der Waals surface area contributed by atoms with E-state index < -0.39 is 9.84 Å². The van der Waals surface area contributed by atoms with Crippen LogP contribution in [0.1, 0.15) is 24.5 Å². The third-order valence-corrected chi connectivity index (χ3v) is 5.61. The highest BCUT2D eigenvalue weighted by Crippen LogP contribution is 2.22. The molecular weight excluding hydrogens is 308 g/mol. The first-order valence-corrected chi connectivity index (χ1v) is 9.40. The van der Waals surface area contributed by atoms with Gasteiger partial charge in [0, 0.05) is 0 Å². The molecule has 2 aromatic carbocycles. The summed E-state index contributed by atoms with van der Waals surface area (Å²) < 4.78 is 27.0. The summed E-state index contributed by atoms with van der Waals surface area (Å²) in [5, 5.41) is 0.169. The van der Waals surface area contributed by atoms with Gasteiger partial charge in [0.05, 0.1) is 23.3 Å². The summed E-state index contributed by atoms with van der Waals surface area (Å²) >= 11 is 0. The summed E-state index contributed by atoms with van der Waals surface area (Å²) in [5.74, 6) is 0.115. The molecule has 120 valence electrons. The molecule has 0 bridgehead atoms. The van der Waals surface area contributed by atoms with Gasteiger partial charge in [-0.3, -0.25) is 0 Å². The van der Waals surface area contributed by atoms with Crippen LogP contribution in [0.4, 0.5) is 0 Å². The Morgan fingerprint density at radius 3 is 2.61 bits per heavy atom. The van der Waals surface area contributed by atoms with Gasteiger partial charge in [-0.25, -0.2) is 13.4 Å². The van der Waals surface area contributed by atoms with E-state index in [1.165, 1.54) is 0 Å². The molecule has 0 saturated heterocycles. The van der Waals surface area contributed by atoms with Crippen molar-refractivity contribution in [2.45, 2.75) is 32.0 Å². The summed E-state index contributed by atoms with van der Waals surface area (Å²) in [5.41, 5.74) is 3.80. The number of rotatable bonds is 5. The van der Waals surface area contributed by atoms with Gasteiger partial charge in [0.25, 0.3) is 0 Å². The van der Waals surface area contributed by atoms with Gasteiger partial charge >= 0.3 is 0 Å². The van der Waals surface area contributed by atoms with Gasteiger partial charge in [-0.05, 0) is 31.0 Å². The van der Waals surface area contributed by atoms with Gasteiger partial charge in [0.2, 0.25) is 15.0 Å². The molecule has 0 saturated carbocycles. The first kappa shape index (κ1) is 15.7. The standard InChI is InChI=1S/C18H20N2O2S/c1-3-11-23(21,22)18-19-16-9-4-5-10-17(16)20(18)13-15-8-6-7-14(2)12-15/h4-10,12H,3,11,13H2,1-2H3. The molecule has 1 heterocycles. The fourth-order valence-electron chi connectivity index (χ4n) is 2.80. The minimum absolute atomic E-state index is 0.115. The van der Waals surface area contributed by atoms with Crippen molar-refractivity contribution < 1.29 is 8.42 Å². The van der Waals surface area contributed by atoms with Crippen molar-refractivity contribution in [2.24, 2.45) is 0 Å². The highest BCUT2D eigenvalue weighted by atomic mass is 32.2. The summed E-state index contributed by atoms with van der Waals surface area (Å²) in [7, 11) is -3.38. The molecule has 0 aliphatic heterocycles. The highest BCUT2D eigenvalue weighted by molar-refractivity contribution is 7.91. The third kappa shape index (κ3) is 3.15. The minimum atomic E-state index is -3.38. The van der Waals surface area contributed by atoms with E-state index in [1.807, 2.05) is 60.9 Å². The highest BCUT2D eigenvalue weighted by Gasteiger charge is 2.23. The maximum Gasteiger partial charge on any atom is 0.229 e. The van der Waals surface area contributed by atoms with Crippen molar-refractivity contribution in [1.29, 1.82) is 0 Å². The van der Waals surface area contributed by atoms with Crippen LogP contribution in [0.5, 0.6) is 0 Å². The van der Waals surface area contributed by atoms with E-state index >= 15 is 0 Å². The Morgan fingerprint density at radius 1 is 1.09 bits per heavy atom. The summed E-state index contributed by atoms with van der Waals surface area (Å²) in [4.78, 5) is 4.40. The van der Waals surface area contributed by atoms with Gasteiger partial charge in [0.15, 0.2) is 0 Å². The number of imidazole rings is 1. The van der Waals surface area contributed by atoms with Gasteiger partial charge < -0.3 is 4.57 Å². The Balaban J connectivity index is 2.17. The summed E-state index contributed by atoms with van der Waals surface area (Å²) in [6, 6.07) is 15.7. The second kappa shape index (κ2) is 6.16. The van der Waals surface area contributed by atoms with Crippen LogP contribution in [0.2, 0.25) is 0 Å². The molecule has 0 atom stereocenters. The molecule has 0 unspecified atom stereocenters. The van der Waals surface area contributed by atoms with Gasteiger partial charge in [0.1, 0.15) is 0 Å². The van der Waals surface area contributed by atoms with E-state index in [2.05, 4.69) is 11.1 Å². The van der Waals surface area contributed by atoms with Crippen molar-refractivity contribution in [1.82, 2.24) is 9.55 Å². The second-order valence-corrected chi connectivity index (χ2v) is 7.78. The van der Waals surface area contributed by atoms with Crippen molar-refractivity contribution in [2.75, 3.05) is 5.75 Å². The van der Waals surface area contributed by atoms with Crippen molar-refractivity contribution in [3.05, 3.63) is 59.7 Å². The van der Waals surface area contributed by atoms with Crippen molar-refractivity contribution in [3.63, 3.8) is 0 Å². The molecule has 23 heavy (non-hydrogen) atoms. The number of hydrogen-bond acceptors (Lipinski definition) is 3. The topological polar surface area (TPSA) is 52.0 Å². The SMILES string of the molecule is CCCS(=O)(=O)c1nc2ccccc2n1Cc1cccc(C)c1. The fraction of sp³-hybridized carbons (Fsp3) is 0.278. The van der Waals surface area contributed by atoms with Crippen LogP contribution >= 0.6 is 0 Å². The van der Waals surface area contributed by atoms with Gasteiger partial charge in [-0.2, -0.15) is 0 Å². The maximum absolute atomic E-state index is 12.6. The molecule has 0 radical (unpaired) electrons. The average Bonchev–Trinajstić information content (AvgIpc) is 2.87. The van der Waals surface area contributed by atoms with E-state index in [0.29, 0.717) is 13.0 Å². The first-order chi connectivity index (χ1) is 11.0. The summed E-state index contributed by atoms with van der Waals surface area (Å²) in [6.07, 6.45) is 0.579. The lowest BCUT2D eigenvalue weighted by molar-refractivity contribution is 0.574. The molecule has 0 N–H and O–H groups in total. The van der Waals surface area contributed by atoms with Crippen LogP contribution in [-0.4, -0.2) is 23.7 Å². The average molecular weight is 328 g/mol. The Hall–Kier alpha value is -2.14. The lowest BCUT2D eigenvalue weighted by atomic mass is 10.1. The molecule has 0 fully saturated rings. The molecule has 0 aliphatic carbocycles. The minimum Gasteiger partial charge on any atom is -0.310 e. The number of benzene rings is 2. The molecule has 3 aromatic rings. The van der Waals surface area contributed by atoms with E-state index in [4.69, 9.17) is 0 Å². The predicted molar refractivity (Wildman–Crippen MR) is 92.4 cm³/mol. The molecule has 0 spiro atoms. The Labute approximate surface area is 136 Å². The largest absolute Gasteiger partial charge is 0.310 e. The van der Waals surface area contributed by atoms with Crippen LogP contribution in [0.25, 0.3) is 11.0 Å². The van der Waals surface area contributed by atoms with Crippen LogP contribution in [0.15, 0.2) is 53.7 Å². The van der Waals surface area contributed by atoms with Gasteiger partial charge in [-0.15, -0.1) is 0 Å². The van der Waals surface area contributed by atoms with Crippen LogP contribution < -0.4 is 0 Å². The van der Waals surface area contributed by atoms with Gasteiger partial charge in [-0.1, -0.05) is 48.9 Å². The molecule has 1 aromatic heterocycles. The van der Waals surface area contributed by atoms with Crippen LogP contribution in [0, 0.1) is 6.92 Å². The smallest absolute Gasteiger partial charge is 0.229 e. The zero-order valence-electron chi connectivity index (χ0n) is 13.4. The zero-order valence-corrected chi connectivity index (χ0v) is 14.2. The number of aromatic nitrogens is 2. The van der Waals surface area contributed by atoms with Crippen molar-refractivity contribution in [3.8, 4) is 0 Å². The van der Waals surface area contributed by atoms with Crippen LogP contribution in [0.3, 0.4) is 0 Å². The molecule has 4 nitrogen and oxygen atoms in total. The van der Waals surface area contributed by atoms with E-state index in [9.17, 15) is 8.42 Å². The predicted octanol–water partition coefficient (Wildman–Crippen LogP) is 3.58. The number of fused-ring (bicyclic) bond motifs is 1. The first-order valence-electron chi connectivity index (χ1n) is 7.75. The Morgan fingerprint density at radius 2 is 1.87 bits per heavy atom. The molecular formula is C18H20N2O2S. The van der Waals surface area contributed by atoms with Crippen molar-refractivity contribution >= 4 is 20.9 Å². The molecule has 5 heteroatoms. The van der Waals surface area contributed by atoms with E-state index in [-0.39, 0.29) is 10.9 Å². The lowest BCUT2D eigenvalue weighted by Crippen LogP contribution is -2.14. The lowest BCUT2D eigenvalue weighted by Gasteiger charge is -2.10. The molecule has 0 aliphatic rings. The maximum atomic E-state index is 12.6. The Kier molecular flexibility index (Phi) is 4.22. The normalized spacial score (nSPS) is 11.9. The monoisotopic (exact) mass is 328 g/mol. The van der Waals surface area contributed by atoms with Crippen LogP contribution in [-0.2, 0) is 16.4 Å². The second-order valence-electron chi connectivity index (χ2n) is 5.78. The third-order valence-electron chi connectivity index (χ3n) is 3.79. The Bertz CT molecular complexity index is 943. The summed E-state index contributed by atoms with van der Waals surface area (Å²) in [6.45, 7) is 4.40. The number of sulfone groups is 1. The van der Waals surface area contributed by atoms with E-state index in [1.54, 1.807) is 0 Å².